The molecular weight excluding hydrogens is 450 g/mol. The average molecular weight is 482 g/mol. The third-order valence-corrected chi connectivity index (χ3v) is 9.55. The fourth-order valence-corrected chi connectivity index (χ4v) is 8.30. The summed E-state index contributed by atoms with van der Waals surface area (Å²) in [5, 5.41) is 18.1. The normalized spacial score (nSPS) is 30.4. The number of nitrogens with zero attached hydrogens (tertiary/aromatic N) is 1. The highest BCUT2D eigenvalue weighted by Crippen LogP contribution is 2.66. The number of anilines is 1. The van der Waals surface area contributed by atoms with E-state index in [-0.39, 0.29) is 29.6 Å². The maximum atomic E-state index is 13.8. The maximum absolute atomic E-state index is 13.8. The molecule has 34 heavy (non-hydrogen) atoms. The summed E-state index contributed by atoms with van der Waals surface area (Å²) in [5.74, 6) is -1.52. The van der Waals surface area contributed by atoms with Crippen molar-refractivity contribution in [2.75, 3.05) is 18.5 Å². The molecule has 2 unspecified atom stereocenters. The molecule has 6 atom stereocenters. The number of carbonyl (C=O) groups excluding carboxylic acids is 3. The molecule has 2 aromatic rings. The van der Waals surface area contributed by atoms with Crippen LogP contribution in [0.5, 0.6) is 0 Å². The van der Waals surface area contributed by atoms with Crippen LogP contribution in [0.25, 0.3) is 10.8 Å². The van der Waals surface area contributed by atoms with E-state index in [0.29, 0.717) is 18.7 Å². The molecule has 8 heteroatoms. The van der Waals surface area contributed by atoms with Crippen LogP contribution >= 0.6 is 11.8 Å². The van der Waals surface area contributed by atoms with E-state index < -0.39 is 28.7 Å². The molecule has 3 aliphatic heterocycles. The van der Waals surface area contributed by atoms with Crippen LogP contribution in [0.1, 0.15) is 33.1 Å². The smallest absolute Gasteiger partial charge is 0.248 e. The Bertz CT molecular complexity index is 1140. The lowest BCUT2D eigenvalue weighted by Gasteiger charge is -2.36. The number of amides is 3. The van der Waals surface area contributed by atoms with Gasteiger partial charge in [-0.05, 0) is 49.1 Å². The molecular formula is C26H31N3O4S. The first-order chi connectivity index (χ1) is 16.4. The number of aliphatic hydroxyl groups is 1. The van der Waals surface area contributed by atoms with E-state index in [9.17, 15) is 19.5 Å². The molecule has 3 N–H and O–H groups in total. The van der Waals surface area contributed by atoms with Crippen LogP contribution in [0.4, 0.5) is 5.69 Å². The summed E-state index contributed by atoms with van der Waals surface area (Å²) in [6, 6.07) is 12.4. The van der Waals surface area contributed by atoms with Gasteiger partial charge in [-0.2, -0.15) is 0 Å². The molecule has 0 radical (unpaired) electrons. The lowest BCUT2D eigenvalue weighted by atomic mass is 9.70. The molecule has 2 bridgehead atoms. The number of hydrogen-bond donors (Lipinski definition) is 3. The molecule has 7 nitrogen and oxygen atoms in total. The van der Waals surface area contributed by atoms with Gasteiger partial charge >= 0.3 is 0 Å². The predicted molar refractivity (Wildman–Crippen MR) is 133 cm³/mol. The predicted octanol–water partition coefficient (Wildman–Crippen LogP) is 2.78. The Hall–Kier alpha value is -2.58. The van der Waals surface area contributed by atoms with Gasteiger partial charge in [-0.15, -0.1) is 11.8 Å². The van der Waals surface area contributed by atoms with Crippen LogP contribution < -0.4 is 10.6 Å². The van der Waals surface area contributed by atoms with Gasteiger partial charge in [0.2, 0.25) is 17.7 Å². The van der Waals surface area contributed by atoms with Gasteiger partial charge in [-0.1, -0.05) is 37.3 Å². The summed E-state index contributed by atoms with van der Waals surface area (Å²) >= 11 is 1.64. The van der Waals surface area contributed by atoms with Crippen LogP contribution in [0, 0.1) is 11.8 Å². The molecule has 5 rings (SSSR count). The van der Waals surface area contributed by atoms with Gasteiger partial charge in [-0.25, -0.2) is 0 Å². The first-order valence-electron chi connectivity index (χ1n) is 12.1. The molecule has 180 valence electrons. The molecule has 3 heterocycles. The first-order valence-corrected chi connectivity index (χ1v) is 13.0. The Kier molecular flexibility index (Phi) is 6.06. The minimum Gasteiger partial charge on any atom is -0.394 e. The summed E-state index contributed by atoms with van der Waals surface area (Å²) in [6.45, 7) is 4.09. The molecule has 3 aliphatic rings. The zero-order chi connectivity index (χ0) is 24.0. The molecule has 0 aromatic heterocycles. The highest BCUT2D eigenvalue weighted by atomic mass is 32.2. The molecule has 2 aromatic carbocycles. The lowest BCUT2D eigenvalue weighted by molar-refractivity contribution is -0.141. The highest BCUT2D eigenvalue weighted by molar-refractivity contribution is 8.02. The average Bonchev–Trinajstić information content (AvgIpc) is 3.49. The third-order valence-electron chi connectivity index (χ3n) is 7.59. The summed E-state index contributed by atoms with van der Waals surface area (Å²) in [5.41, 5.74) is 0.669. The number of nitrogens with one attached hydrogen (secondary N) is 2. The minimum atomic E-state index is -0.738. The second-order valence-corrected chi connectivity index (χ2v) is 11.3. The van der Waals surface area contributed by atoms with Crippen molar-refractivity contribution < 1.29 is 19.5 Å². The van der Waals surface area contributed by atoms with Crippen molar-refractivity contribution in [3.8, 4) is 0 Å². The zero-order valence-electron chi connectivity index (χ0n) is 19.5. The van der Waals surface area contributed by atoms with E-state index >= 15 is 0 Å². The van der Waals surface area contributed by atoms with Crippen molar-refractivity contribution in [3.05, 3.63) is 42.5 Å². The van der Waals surface area contributed by atoms with Crippen LogP contribution in [-0.2, 0) is 14.4 Å². The van der Waals surface area contributed by atoms with E-state index in [0.717, 1.165) is 23.6 Å². The largest absolute Gasteiger partial charge is 0.394 e. The standard InChI is InChI=1S/C26H31N3O4S/c1-3-12-27-23(31)20-19-10-11-26(34-19)21(20)25(33)29(15(2)14-30)22(26)24(32)28-18-9-8-16-6-4-5-7-17(16)13-18/h4-9,13,15,19-22,30H,3,10-12,14H2,1-2H3,(H,27,31)(H,28,32)/t15-,19+,20-,21+,22?,26?/m1/s1. The number of fused-ring (bicyclic) bond motifs is 2. The van der Waals surface area contributed by atoms with Crippen LogP contribution in [0.3, 0.4) is 0 Å². The topological polar surface area (TPSA) is 98.7 Å². The Morgan fingerprint density at radius 3 is 2.71 bits per heavy atom. The summed E-state index contributed by atoms with van der Waals surface area (Å²) in [7, 11) is 0. The Morgan fingerprint density at radius 2 is 1.97 bits per heavy atom. The second kappa shape index (κ2) is 8.89. The van der Waals surface area contributed by atoms with Crippen molar-refractivity contribution >= 4 is 45.9 Å². The molecule has 3 fully saturated rings. The lowest BCUT2D eigenvalue weighted by Crippen LogP contribution is -2.54. The van der Waals surface area contributed by atoms with Gasteiger partial charge in [0.15, 0.2) is 0 Å². The number of rotatable bonds is 7. The van der Waals surface area contributed by atoms with Gasteiger partial charge < -0.3 is 20.6 Å². The Labute approximate surface area is 203 Å². The maximum Gasteiger partial charge on any atom is 0.248 e. The molecule has 1 spiro atoms. The van der Waals surface area contributed by atoms with Gasteiger partial charge in [0.25, 0.3) is 0 Å². The summed E-state index contributed by atoms with van der Waals surface area (Å²) < 4.78 is -0.652. The molecule has 3 amide bonds. The second-order valence-electron chi connectivity index (χ2n) is 9.68. The third kappa shape index (κ3) is 3.50. The SMILES string of the molecule is CCCNC(=O)[C@@H]1[C@@H]2CCC3(S2)C(C(=O)Nc2ccc4ccccc4c2)N([C@H](C)CO)C(=O)[C@H]13. The highest BCUT2D eigenvalue weighted by Gasteiger charge is 2.74. The van der Waals surface area contributed by atoms with Crippen molar-refractivity contribution in [3.63, 3.8) is 0 Å². The van der Waals surface area contributed by atoms with E-state index in [1.807, 2.05) is 49.4 Å². The summed E-state index contributed by atoms with van der Waals surface area (Å²) in [6.07, 6.45) is 2.34. The van der Waals surface area contributed by atoms with E-state index in [2.05, 4.69) is 10.6 Å². The minimum absolute atomic E-state index is 0.0355. The van der Waals surface area contributed by atoms with Gasteiger partial charge in [-0.3, -0.25) is 14.4 Å². The fourth-order valence-electron chi connectivity index (χ4n) is 6.10. The summed E-state index contributed by atoms with van der Waals surface area (Å²) in [4.78, 5) is 42.2. The monoisotopic (exact) mass is 481 g/mol. The van der Waals surface area contributed by atoms with Crippen LogP contribution in [-0.4, -0.2) is 63.0 Å². The van der Waals surface area contributed by atoms with Crippen molar-refractivity contribution in [2.24, 2.45) is 11.8 Å². The van der Waals surface area contributed by atoms with Crippen molar-refractivity contribution in [1.29, 1.82) is 0 Å². The van der Waals surface area contributed by atoms with E-state index in [1.54, 1.807) is 23.6 Å². The van der Waals surface area contributed by atoms with Crippen molar-refractivity contribution in [2.45, 2.75) is 55.2 Å². The van der Waals surface area contributed by atoms with Crippen molar-refractivity contribution in [1.82, 2.24) is 10.2 Å². The number of hydrogen-bond acceptors (Lipinski definition) is 5. The van der Waals surface area contributed by atoms with Gasteiger partial charge in [0.05, 0.1) is 29.2 Å². The van der Waals surface area contributed by atoms with E-state index in [4.69, 9.17) is 0 Å². The van der Waals surface area contributed by atoms with E-state index in [1.165, 1.54) is 0 Å². The number of likely N-dealkylation sites (tertiary alicyclic amines) is 1. The molecule has 0 saturated carbocycles. The first kappa shape index (κ1) is 23.2. The Balaban J connectivity index is 1.48. The number of benzene rings is 2. The molecule has 3 saturated heterocycles. The molecule has 0 aliphatic carbocycles. The quantitative estimate of drug-likeness (QED) is 0.565. The number of carbonyl (C=O) groups is 3. The fraction of sp³-hybridized carbons (Fsp3) is 0.500. The Morgan fingerprint density at radius 1 is 1.21 bits per heavy atom. The number of thioether (sulfide) groups is 1. The van der Waals surface area contributed by atoms with Gasteiger partial charge in [0, 0.05) is 17.5 Å². The van der Waals surface area contributed by atoms with Gasteiger partial charge in [0.1, 0.15) is 6.04 Å². The van der Waals surface area contributed by atoms with Crippen LogP contribution in [0.15, 0.2) is 42.5 Å². The zero-order valence-corrected chi connectivity index (χ0v) is 20.3. The van der Waals surface area contributed by atoms with Crippen LogP contribution in [0.2, 0.25) is 0 Å². The number of aliphatic hydroxyl groups excluding tert-OH is 1.